The van der Waals surface area contributed by atoms with Crippen LogP contribution in [0.25, 0.3) is 0 Å². The summed E-state index contributed by atoms with van der Waals surface area (Å²) in [5, 5.41) is 6.35. The minimum absolute atomic E-state index is 0.194. The maximum Gasteiger partial charge on any atom is 0.221 e. The Morgan fingerprint density at radius 2 is 1.94 bits per heavy atom. The lowest BCUT2D eigenvalue weighted by molar-refractivity contribution is -0.121. The highest BCUT2D eigenvalue weighted by Gasteiger charge is 2.19. The van der Waals surface area contributed by atoms with Crippen LogP contribution in [0.5, 0.6) is 0 Å². The van der Waals surface area contributed by atoms with Crippen molar-refractivity contribution in [2.24, 2.45) is 0 Å². The Morgan fingerprint density at radius 3 is 2.65 bits per heavy atom. The molecule has 1 aliphatic heterocycles. The molecule has 4 heteroatoms. The van der Waals surface area contributed by atoms with Gasteiger partial charge >= 0.3 is 0 Å². The molecule has 0 bridgehead atoms. The number of hydrogen-bond acceptors (Lipinski definition) is 3. The Balaban J connectivity index is 1.39. The van der Waals surface area contributed by atoms with Crippen LogP contribution in [0.2, 0.25) is 0 Å². The molecule has 1 heterocycles. The fourth-order valence-electron chi connectivity index (χ4n) is 2.30. The van der Waals surface area contributed by atoms with E-state index in [4.69, 9.17) is 0 Å². The second-order valence-corrected chi connectivity index (χ2v) is 5.23. The molecule has 17 heavy (non-hydrogen) atoms. The smallest absolute Gasteiger partial charge is 0.221 e. The largest absolute Gasteiger partial charge is 0.356 e. The van der Waals surface area contributed by atoms with Crippen LogP contribution < -0.4 is 10.6 Å². The van der Waals surface area contributed by atoms with Crippen molar-refractivity contribution in [2.75, 3.05) is 32.7 Å². The maximum absolute atomic E-state index is 11.5. The van der Waals surface area contributed by atoms with Gasteiger partial charge in [0.2, 0.25) is 5.91 Å². The molecular weight excluding hydrogens is 214 g/mol. The van der Waals surface area contributed by atoms with E-state index in [-0.39, 0.29) is 5.91 Å². The molecule has 0 aromatic rings. The molecule has 98 valence electrons. The summed E-state index contributed by atoms with van der Waals surface area (Å²) < 4.78 is 0. The van der Waals surface area contributed by atoms with Crippen molar-refractivity contribution in [1.29, 1.82) is 0 Å². The third kappa shape index (κ3) is 5.50. The van der Waals surface area contributed by atoms with Crippen LogP contribution in [0.4, 0.5) is 0 Å². The number of likely N-dealkylation sites (tertiary alicyclic amines) is 1. The Bertz CT molecular complexity index is 235. The van der Waals surface area contributed by atoms with Crippen LogP contribution in [0, 0.1) is 0 Å². The first-order valence-electron chi connectivity index (χ1n) is 7.07. The summed E-state index contributed by atoms with van der Waals surface area (Å²) in [7, 11) is 0. The average molecular weight is 239 g/mol. The van der Waals surface area contributed by atoms with E-state index in [0.29, 0.717) is 12.5 Å². The topological polar surface area (TPSA) is 44.4 Å². The maximum atomic E-state index is 11.5. The van der Waals surface area contributed by atoms with Crippen LogP contribution in [0.1, 0.15) is 38.5 Å². The Kier molecular flexibility index (Phi) is 5.26. The molecule has 0 unspecified atom stereocenters. The Labute approximate surface area is 104 Å². The highest BCUT2D eigenvalue weighted by molar-refractivity contribution is 5.75. The second-order valence-electron chi connectivity index (χ2n) is 5.23. The number of rotatable bonds is 8. The third-order valence-electron chi connectivity index (χ3n) is 3.53. The van der Waals surface area contributed by atoms with E-state index >= 15 is 0 Å². The molecule has 0 spiro atoms. The van der Waals surface area contributed by atoms with Gasteiger partial charge < -0.3 is 15.5 Å². The van der Waals surface area contributed by atoms with Gasteiger partial charge in [-0.15, -0.1) is 0 Å². The average Bonchev–Trinajstić information content (AvgIpc) is 3.00. The molecule has 2 fully saturated rings. The van der Waals surface area contributed by atoms with Gasteiger partial charge in [-0.3, -0.25) is 4.79 Å². The second kappa shape index (κ2) is 6.97. The molecule has 0 aromatic carbocycles. The van der Waals surface area contributed by atoms with Crippen molar-refractivity contribution in [3.8, 4) is 0 Å². The predicted octanol–water partition coefficient (Wildman–Crippen LogP) is 0.731. The summed E-state index contributed by atoms with van der Waals surface area (Å²) in [5.74, 6) is 0.194. The summed E-state index contributed by atoms with van der Waals surface area (Å²) in [6.07, 6.45) is 6.98. The number of nitrogens with zero attached hydrogens (tertiary/aromatic N) is 1. The molecule has 4 nitrogen and oxygen atoms in total. The van der Waals surface area contributed by atoms with Crippen LogP contribution in [-0.2, 0) is 4.79 Å². The monoisotopic (exact) mass is 239 g/mol. The minimum atomic E-state index is 0.194. The van der Waals surface area contributed by atoms with Crippen LogP contribution in [0.15, 0.2) is 0 Å². The fourth-order valence-corrected chi connectivity index (χ4v) is 2.30. The van der Waals surface area contributed by atoms with Crippen molar-refractivity contribution < 1.29 is 4.79 Å². The van der Waals surface area contributed by atoms with E-state index in [9.17, 15) is 4.79 Å². The quantitative estimate of drug-likeness (QED) is 0.614. The lowest BCUT2D eigenvalue weighted by atomic mass is 10.3. The van der Waals surface area contributed by atoms with Gasteiger partial charge in [-0.1, -0.05) is 0 Å². The number of amides is 1. The molecule has 1 saturated heterocycles. The molecule has 1 saturated carbocycles. The first-order chi connectivity index (χ1) is 8.34. The highest BCUT2D eigenvalue weighted by Crippen LogP contribution is 2.18. The van der Waals surface area contributed by atoms with Crippen molar-refractivity contribution in [3.63, 3.8) is 0 Å². The molecule has 2 aliphatic rings. The predicted molar refractivity (Wildman–Crippen MR) is 68.9 cm³/mol. The van der Waals surface area contributed by atoms with Crippen molar-refractivity contribution in [2.45, 2.75) is 44.6 Å². The number of carbonyl (C=O) groups is 1. The van der Waals surface area contributed by atoms with Gasteiger partial charge in [0.25, 0.3) is 0 Å². The van der Waals surface area contributed by atoms with E-state index in [1.165, 1.54) is 38.8 Å². The molecule has 1 aliphatic carbocycles. The van der Waals surface area contributed by atoms with E-state index in [2.05, 4.69) is 15.5 Å². The number of carbonyl (C=O) groups excluding carboxylic acids is 1. The van der Waals surface area contributed by atoms with Gasteiger partial charge in [0.05, 0.1) is 0 Å². The lowest BCUT2D eigenvalue weighted by Crippen LogP contribution is -2.31. The van der Waals surface area contributed by atoms with Crippen molar-refractivity contribution >= 4 is 5.91 Å². The first kappa shape index (κ1) is 12.8. The fraction of sp³-hybridized carbons (Fsp3) is 0.923. The summed E-state index contributed by atoms with van der Waals surface area (Å²) in [5.41, 5.74) is 0. The SMILES string of the molecule is O=C(CCNC1CC1)NCCCN1CCCC1. The standard InChI is InChI=1S/C13H25N3O/c17-13(6-8-14-12-4-5-12)15-7-3-11-16-9-1-2-10-16/h12,14H,1-11H2,(H,15,17). The van der Waals surface area contributed by atoms with Crippen LogP contribution in [0.3, 0.4) is 0 Å². The number of nitrogens with one attached hydrogen (secondary N) is 2. The van der Waals surface area contributed by atoms with Gasteiger partial charge in [0.1, 0.15) is 0 Å². The Hall–Kier alpha value is -0.610. The van der Waals surface area contributed by atoms with Gasteiger partial charge in [0, 0.05) is 25.6 Å². The summed E-state index contributed by atoms with van der Waals surface area (Å²) in [6.45, 7) is 5.31. The summed E-state index contributed by atoms with van der Waals surface area (Å²) in [4.78, 5) is 14.0. The molecule has 0 aromatic heterocycles. The molecular formula is C13H25N3O. The van der Waals surface area contributed by atoms with E-state index < -0.39 is 0 Å². The van der Waals surface area contributed by atoms with Gasteiger partial charge in [0.15, 0.2) is 0 Å². The highest BCUT2D eigenvalue weighted by atomic mass is 16.1. The third-order valence-corrected chi connectivity index (χ3v) is 3.53. The summed E-state index contributed by atoms with van der Waals surface area (Å²) >= 11 is 0. The van der Waals surface area contributed by atoms with Gasteiger partial charge in [-0.2, -0.15) is 0 Å². The molecule has 0 atom stereocenters. The van der Waals surface area contributed by atoms with Gasteiger partial charge in [-0.05, 0) is 51.7 Å². The zero-order chi connectivity index (χ0) is 11.9. The Morgan fingerprint density at radius 1 is 1.18 bits per heavy atom. The van der Waals surface area contributed by atoms with Crippen molar-refractivity contribution in [1.82, 2.24) is 15.5 Å². The van der Waals surface area contributed by atoms with E-state index in [1.54, 1.807) is 0 Å². The first-order valence-corrected chi connectivity index (χ1v) is 7.07. The van der Waals surface area contributed by atoms with Crippen LogP contribution >= 0.6 is 0 Å². The lowest BCUT2D eigenvalue weighted by Gasteiger charge is -2.14. The van der Waals surface area contributed by atoms with Gasteiger partial charge in [-0.25, -0.2) is 0 Å². The normalized spacial score (nSPS) is 20.7. The van der Waals surface area contributed by atoms with E-state index in [1.807, 2.05) is 0 Å². The zero-order valence-corrected chi connectivity index (χ0v) is 10.7. The molecule has 2 rings (SSSR count). The molecule has 2 N–H and O–H groups in total. The zero-order valence-electron chi connectivity index (χ0n) is 10.7. The minimum Gasteiger partial charge on any atom is -0.356 e. The molecule has 1 amide bonds. The van der Waals surface area contributed by atoms with E-state index in [0.717, 1.165) is 26.1 Å². The molecule has 0 radical (unpaired) electrons. The van der Waals surface area contributed by atoms with Crippen molar-refractivity contribution in [3.05, 3.63) is 0 Å². The summed E-state index contributed by atoms with van der Waals surface area (Å²) in [6, 6.07) is 0.706. The van der Waals surface area contributed by atoms with Crippen LogP contribution in [-0.4, -0.2) is 49.6 Å². The number of hydrogen-bond donors (Lipinski definition) is 2.